The van der Waals surface area contributed by atoms with Crippen molar-refractivity contribution in [3.63, 3.8) is 0 Å². The highest BCUT2D eigenvalue weighted by Crippen LogP contribution is 2.28. The van der Waals surface area contributed by atoms with Crippen molar-refractivity contribution in [2.75, 3.05) is 13.2 Å². The van der Waals surface area contributed by atoms with Crippen LogP contribution in [0.2, 0.25) is 0 Å². The van der Waals surface area contributed by atoms with Crippen molar-refractivity contribution in [3.05, 3.63) is 35.9 Å². The SMILES string of the molecule is OCC1OC(OC2C(OCc3ccccc3)OCC(O)C2O)C(O)C(O)C1O. The third kappa shape index (κ3) is 4.69. The molecule has 6 N–H and O–H groups in total. The summed E-state index contributed by atoms with van der Waals surface area (Å²) >= 11 is 0. The maximum absolute atomic E-state index is 10.3. The van der Waals surface area contributed by atoms with Crippen LogP contribution < -0.4 is 0 Å². The summed E-state index contributed by atoms with van der Waals surface area (Å²) in [7, 11) is 0. The predicted octanol–water partition coefficient (Wildman–Crippen LogP) is -2.53. The Morgan fingerprint density at radius 3 is 2.29 bits per heavy atom. The Labute approximate surface area is 161 Å². The number of hydrogen-bond donors (Lipinski definition) is 6. The number of rotatable bonds is 6. The first-order valence-electron chi connectivity index (χ1n) is 9.01. The van der Waals surface area contributed by atoms with E-state index < -0.39 is 61.9 Å². The predicted molar refractivity (Wildman–Crippen MR) is 91.6 cm³/mol. The topological polar surface area (TPSA) is 158 Å². The van der Waals surface area contributed by atoms with Gasteiger partial charge in [0.25, 0.3) is 0 Å². The van der Waals surface area contributed by atoms with Crippen LogP contribution in [0.4, 0.5) is 0 Å². The van der Waals surface area contributed by atoms with Gasteiger partial charge >= 0.3 is 0 Å². The molecule has 0 bridgehead atoms. The van der Waals surface area contributed by atoms with Gasteiger partial charge in [-0.3, -0.25) is 0 Å². The third-order valence-corrected chi connectivity index (χ3v) is 4.83. The number of aliphatic hydroxyl groups is 6. The molecule has 0 amide bonds. The summed E-state index contributed by atoms with van der Waals surface area (Å²) in [6.45, 7) is -0.664. The Kier molecular flexibility index (Phi) is 7.34. The molecule has 0 aliphatic carbocycles. The van der Waals surface area contributed by atoms with E-state index in [1.807, 2.05) is 30.3 Å². The molecule has 0 spiro atoms. The second-order valence-corrected chi connectivity index (χ2v) is 6.85. The molecule has 3 rings (SSSR count). The normalized spacial score (nSPS) is 41.7. The van der Waals surface area contributed by atoms with E-state index in [1.54, 1.807) is 0 Å². The van der Waals surface area contributed by atoms with E-state index in [2.05, 4.69) is 0 Å². The summed E-state index contributed by atoms with van der Waals surface area (Å²) in [6, 6.07) is 9.19. The molecule has 158 valence electrons. The van der Waals surface area contributed by atoms with Gasteiger partial charge in [0.15, 0.2) is 12.6 Å². The van der Waals surface area contributed by atoms with E-state index in [9.17, 15) is 30.6 Å². The molecule has 28 heavy (non-hydrogen) atoms. The third-order valence-electron chi connectivity index (χ3n) is 4.83. The summed E-state index contributed by atoms with van der Waals surface area (Å²) in [6.07, 6.45) is -12.5. The molecule has 2 aliphatic rings. The Morgan fingerprint density at radius 2 is 1.61 bits per heavy atom. The minimum atomic E-state index is -1.65. The first-order chi connectivity index (χ1) is 13.4. The van der Waals surface area contributed by atoms with Crippen LogP contribution in [0.25, 0.3) is 0 Å². The lowest BCUT2D eigenvalue weighted by Gasteiger charge is -2.44. The molecule has 2 fully saturated rings. The van der Waals surface area contributed by atoms with E-state index in [0.29, 0.717) is 0 Å². The van der Waals surface area contributed by atoms with E-state index in [0.717, 1.165) is 5.56 Å². The van der Waals surface area contributed by atoms with Crippen LogP contribution in [0.5, 0.6) is 0 Å². The maximum atomic E-state index is 10.3. The molecule has 10 heteroatoms. The summed E-state index contributed by atoms with van der Waals surface area (Å²) in [5, 5.41) is 59.4. The molecule has 2 aliphatic heterocycles. The van der Waals surface area contributed by atoms with Crippen molar-refractivity contribution in [1.82, 2.24) is 0 Å². The average molecular weight is 402 g/mol. The molecule has 1 aromatic carbocycles. The average Bonchev–Trinajstić information content (AvgIpc) is 2.71. The van der Waals surface area contributed by atoms with Gasteiger partial charge in [0.05, 0.1) is 19.8 Å². The molecule has 0 saturated carbocycles. The smallest absolute Gasteiger partial charge is 0.187 e. The van der Waals surface area contributed by atoms with Crippen molar-refractivity contribution in [1.29, 1.82) is 0 Å². The zero-order valence-electron chi connectivity index (χ0n) is 15.0. The largest absolute Gasteiger partial charge is 0.394 e. The highest BCUT2D eigenvalue weighted by molar-refractivity contribution is 5.13. The van der Waals surface area contributed by atoms with E-state index >= 15 is 0 Å². The Bertz CT molecular complexity index is 599. The van der Waals surface area contributed by atoms with Crippen LogP contribution in [0.1, 0.15) is 5.56 Å². The van der Waals surface area contributed by atoms with Gasteiger partial charge in [0, 0.05) is 0 Å². The molecule has 10 nitrogen and oxygen atoms in total. The van der Waals surface area contributed by atoms with E-state index in [-0.39, 0.29) is 13.2 Å². The molecule has 9 unspecified atom stereocenters. The summed E-state index contributed by atoms with van der Waals surface area (Å²) < 4.78 is 21.9. The lowest BCUT2D eigenvalue weighted by atomic mass is 9.99. The van der Waals surface area contributed by atoms with Crippen LogP contribution >= 0.6 is 0 Å². The summed E-state index contributed by atoms with van der Waals surface area (Å²) in [4.78, 5) is 0. The zero-order valence-corrected chi connectivity index (χ0v) is 15.0. The van der Waals surface area contributed by atoms with Crippen molar-refractivity contribution >= 4 is 0 Å². The molecular weight excluding hydrogens is 376 g/mol. The van der Waals surface area contributed by atoms with Gasteiger partial charge in [0.1, 0.15) is 42.7 Å². The molecular formula is C18H26O10. The standard InChI is InChI=1S/C18H26O10/c19-6-11-13(22)14(23)15(24)17(27-11)28-16-12(21)10(20)8-26-18(16)25-7-9-4-2-1-3-5-9/h1-5,10-24H,6-8H2. The van der Waals surface area contributed by atoms with Crippen LogP contribution in [-0.4, -0.2) is 99.2 Å². The molecule has 1 aromatic rings. The lowest BCUT2D eigenvalue weighted by Crippen LogP contribution is -2.63. The minimum absolute atomic E-state index is 0.142. The molecule has 2 heterocycles. The van der Waals surface area contributed by atoms with E-state index in [1.165, 1.54) is 0 Å². The lowest BCUT2D eigenvalue weighted by molar-refractivity contribution is -0.358. The van der Waals surface area contributed by atoms with Crippen molar-refractivity contribution in [2.24, 2.45) is 0 Å². The first-order valence-corrected chi connectivity index (χ1v) is 9.01. The van der Waals surface area contributed by atoms with Gasteiger partial charge < -0.3 is 49.6 Å². The van der Waals surface area contributed by atoms with Gasteiger partial charge in [0.2, 0.25) is 0 Å². The van der Waals surface area contributed by atoms with Crippen LogP contribution in [0.15, 0.2) is 30.3 Å². The highest BCUT2D eigenvalue weighted by atomic mass is 16.7. The minimum Gasteiger partial charge on any atom is -0.394 e. The molecule has 9 atom stereocenters. The highest BCUT2D eigenvalue weighted by Gasteiger charge is 2.48. The fraction of sp³-hybridized carbons (Fsp3) is 0.667. The quantitative estimate of drug-likeness (QED) is 0.300. The number of aliphatic hydroxyl groups excluding tert-OH is 6. The fourth-order valence-corrected chi connectivity index (χ4v) is 3.14. The Morgan fingerprint density at radius 1 is 0.893 bits per heavy atom. The fourth-order valence-electron chi connectivity index (χ4n) is 3.14. The number of ether oxygens (including phenoxy) is 4. The summed E-state index contributed by atoms with van der Waals surface area (Å²) in [5.74, 6) is 0. The Hall–Kier alpha value is -1.18. The molecule has 0 radical (unpaired) electrons. The zero-order chi connectivity index (χ0) is 20.3. The first kappa shape index (κ1) is 21.5. The van der Waals surface area contributed by atoms with Crippen molar-refractivity contribution in [2.45, 2.75) is 61.9 Å². The van der Waals surface area contributed by atoms with Gasteiger partial charge in [-0.05, 0) is 5.56 Å². The van der Waals surface area contributed by atoms with Crippen LogP contribution in [0.3, 0.4) is 0 Å². The van der Waals surface area contributed by atoms with Crippen molar-refractivity contribution in [3.8, 4) is 0 Å². The van der Waals surface area contributed by atoms with Crippen LogP contribution in [0, 0.1) is 0 Å². The second-order valence-electron chi connectivity index (χ2n) is 6.85. The molecule has 2 saturated heterocycles. The van der Waals surface area contributed by atoms with Gasteiger partial charge in [-0.15, -0.1) is 0 Å². The second kappa shape index (κ2) is 9.55. The van der Waals surface area contributed by atoms with Crippen LogP contribution in [-0.2, 0) is 25.6 Å². The maximum Gasteiger partial charge on any atom is 0.187 e. The number of benzene rings is 1. The Balaban J connectivity index is 1.69. The van der Waals surface area contributed by atoms with Gasteiger partial charge in [-0.25, -0.2) is 0 Å². The number of hydrogen-bond acceptors (Lipinski definition) is 10. The van der Waals surface area contributed by atoms with Crippen molar-refractivity contribution < 1.29 is 49.6 Å². The van der Waals surface area contributed by atoms with E-state index in [4.69, 9.17) is 18.9 Å². The van der Waals surface area contributed by atoms with Gasteiger partial charge in [-0.1, -0.05) is 30.3 Å². The van der Waals surface area contributed by atoms with Gasteiger partial charge in [-0.2, -0.15) is 0 Å². The monoisotopic (exact) mass is 402 g/mol. The molecule has 0 aromatic heterocycles. The summed E-state index contributed by atoms with van der Waals surface area (Å²) in [5.41, 5.74) is 0.846.